The van der Waals surface area contributed by atoms with Gasteiger partial charge in [-0.15, -0.1) is 0 Å². The van der Waals surface area contributed by atoms with Gasteiger partial charge in [0.05, 0.1) is 17.2 Å². The van der Waals surface area contributed by atoms with E-state index in [0.717, 1.165) is 6.20 Å². The molecule has 138 valence electrons. The number of hydrogen-bond acceptors (Lipinski definition) is 5. The molecular weight excluding hydrogens is 370 g/mol. The Bertz CT molecular complexity index is 1030. The third kappa shape index (κ3) is 3.84. The lowest BCUT2D eigenvalue weighted by Gasteiger charge is -2.09. The molecule has 1 heterocycles. The number of fused-ring (bicyclic) bond motifs is 1. The number of carbonyl (C=O) groups excluding carboxylic acids is 2. The molecule has 0 aliphatic rings. The maximum absolute atomic E-state index is 13.5. The summed E-state index contributed by atoms with van der Waals surface area (Å²) in [5, 5.41) is 1.61. The largest absolute Gasteiger partial charge is 0.451 e. The molecule has 0 atom stereocenters. The highest BCUT2D eigenvalue weighted by Gasteiger charge is 2.21. The van der Waals surface area contributed by atoms with E-state index < -0.39 is 47.4 Å². The van der Waals surface area contributed by atoms with Crippen LogP contribution in [0.1, 0.15) is 10.5 Å². The molecule has 10 heteroatoms. The average molecular weight is 379 g/mol. The number of halogens is 4. The molecule has 0 bridgehead atoms. The number of amides is 1. The fourth-order valence-corrected chi connectivity index (χ4v) is 2.12. The highest BCUT2D eigenvalue weighted by atomic mass is 19.2. The SMILES string of the molecule is O=C(COC(=O)c1cnc2ccccc2n1)Nc1c(F)c(F)cc(F)c1F. The molecule has 2 aromatic carbocycles. The summed E-state index contributed by atoms with van der Waals surface area (Å²) in [6, 6.07) is 6.69. The van der Waals surface area contributed by atoms with Gasteiger partial charge in [-0.1, -0.05) is 12.1 Å². The molecule has 27 heavy (non-hydrogen) atoms. The molecule has 6 nitrogen and oxygen atoms in total. The summed E-state index contributed by atoms with van der Waals surface area (Å²) in [5.41, 5.74) is -0.573. The lowest BCUT2D eigenvalue weighted by Crippen LogP contribution is -2.23. The minimum Gasteiger partial charge on any atom is -0.451 e. The molecule has 0 spiro atoms. The Morgan fingerprint density at radius 3 is 2.30 bits per heavy atom. The van der Waals surface area contributed by atoms with E-state index in [2.05, 4.69) is 14.7 Å². The van der Waals surface area contributed by atoms with E-state index in [0.29, 0.717) is 11.0 Å². The maximum Gasteiger partial charge on any atom is 0.359 e. The second-order valence-electron chi connectivity index (χ2n) is 5.21. The Hall–Kier alpha value is -3.56. The van der Waals surface area contributed by atoms with Gasteiger partial charge in [-0.25, -0.2) is 27.3 Å². The predicted octanol–water partition coefficient (Wildman–Crippen LogP) is 2.98. The second kappa shape index (κ2) is 7.36. The summed E-state index contributed by atoms with van der Waals surface area (Å²) in [6.45, 7) is -0.968. The lowest BCUT2D eigenvalue weighted by molar-refractivity contribution is -0.119. The van der Waals surface area contributed by atoms with E-state index in [9.17, 15) is 27.2 Å². The van der Waals surface area contributed by atoms with Crippen molar-refractivity contribution in [1.82, 2.24) is 9.97 Å². The number of carbonyl (C=O) groups is 2. The molecule has 0 saturated heterocycles. The summed E-state index contributed by atoms with van der Waals surface area (Å²) in [7, 11) is 0. The molecule has 1 N–H and O–H groups in total. The van der Waals surface area contributed by atoms with Crippen LogP contribution >= 0.6 is 0 Å². The van der Waals surface area contributed by atoms with Gasteiger partial charge >= 0.3 is 5.97 Å². The number of ether oxygens (including phenoxy) is 1. The van der Waals surface area contributed by atoms with Crippen LogP contribution in [-0.4, -0.2) is 28.5 Å². The second-order valence-corrected chi connectivity index (χ2v) is 5.21. The average Bonchev–Trinajstić information content (AvgIpc) is 2.67. The summed E-state index contributed by atoms with van der Waals surface area (Å²) in [5.74, 6) is -9.17. The molecule has 0 saturated carbocycles. The third-order valence-corrected chi connectivity index (χ3v) is 3.37. The van der Waals surface area contributed by atoms with Crippen molar-refractivity contribution < 1.29 is 31.9 Å². The van der Waals surface area contributed by atoms with E-state index in [1.807, 2.05) is 0 Å². The first-order valence-electron chi connectivity index (χ1n) is 7.38. The van der Waals surface area contributed by atoms with Crippen LogP contribution in [0.2, 0.25) is 0 Å². The number of aromatic nitrogens is 2. The van der Waals surface area contributed by atoms with Gasteiger partial charge in [-0.05, 0) is 12.1 Å². The molecule has 0 aliphatic carbocycles. The fraction of sp³-hybridized carbons (Fsp3) is 0.0588. The number of hydrogen-bond donors (Lipinski definition) is 1. The number of nitrogens with zero attached hydrogens (tertiary/aromatic N) is 2. The van der Waals surface area contributed by atoms with E-state index in [4.69, 9.17) is 0 Å². The van der Waals surface area contributed by atoms with Gasteiger partial charge in [0, 0.05) is 6.07 Å². The van der Waals surface area contributed by atoms with Crippen LogP contribution < -0.4 is 5.32 Å². The van der Waals surface area contributed by atoms with Crippen molar-refractivity contribution in [1.29, 1.82) is 0 Å². The summed E-state index contributed by atoms with van der Waals surface area (Å²) in [4.78, 5) is 31.6. The van der Waals surface area contributed by atoms with Crippen molar-refractivity contribution in [3.05, 3.63) is 65.5 Å². The molecule has 0 radical (unpaired) electrons. The third-order valence-electron chi connectivity index (χ3n) is 3.37. The Labute approximate surface area is 148 Å². The quantitative estimate of drug-likeness (QED) is 0.428. The molecular formula is C17H9F4N3O3. The lowest BCUT2D eigenvalue weighted by atomic mass is 10.2. The number of esters is 1. The molecule has 3 aromatic rings. The Morgan fingerprint density at radius 1 is 1.00 bits per heavy atom. The zero-order chi connectivity index (χ0) is 19.6. The molecule has 1 aromatic heterocycles. The Balaban J connectivity index is 1.67. The number of anilines is 1. The number of benzene rings is 2. The van der Waals surface area contributed by atoms with Crippen LogP contribution in [0.4, 0.5) is 23.2 Å². The van der Waals surface area contributed by atoms with E-state index in [1.165, 1.54) is 0 Å². The van der Waals surface area contributed by atoms with Crippen molar-refractivity contribution in [3.8, 4) is 0 Å². The summed E-state index contributed by atoms with van der Waals surface area (Å²) in [6.07, 6.45) is 1.13. The summed E-state index contributed by atoms with van der Waals surface area (Å²) >= 11 is 0. The topological polar surface area (TPSA) is 81.2 Å². The van der Waals surface area contributed by atoms with Gasteiger partial charge in [0.15, 0.2) is 35.6 Å². The van der Waals surface area contributed by atoms with E-state index >= 15 is 0 Å². The predicted molar refractivity (Wildman–Crippen MR) is 84.7 cm³/mol. The fourth-order valence-electron chi connectivity index (χ4n) is 2.12. The Kier molecular flexibility index (Phi) is 4.97. The van der Waals surface area contributed by atoms with Gasteiger partial charge in [0.1, 0.15) is 5.69 Å². The van der Waals surface area contributed by atoms with Crippen LogP contribution in [0.15, 0.2) is 36.5 Å². The molecule has 1 amide bonds. The highest BCUT2D eigenvalue weighted by molar-refractivity contribution is 5.95. The van der Waals surface area contributed by atoms with E-state index in [1.54, 1.807) is 29.6 Å². The summed E-state index contributed by atoms with van der Waals surface area (Å²) < 4.78 is 57.9. The smallest absolute Gasteiger partial charge is 0.359 e. The minimum absolute atomic E-state index is 0.00125. The molecule has 0 fully saturated rings. The van der Waals surface area contributed by atoms with Crippen molar-refractivity contribution >= 4 is 28.6 Å². The minimum atomic E-state index is -1.78. The Morgan fingerprint density at radius 2 is 1.63 bits per heavy atom. The first-order chi connectivity index (χ1) is 12.9. The number of nitrogens with one attached hydrogen (secondary N) is 1. The van der Waals surface area contributed by atoms with Gasteiger partial charge in [-0.3, -0.25) is 9.78 Å². The molecule has 3 rings (SSSR count). The van der Waals surface area contributed by atoms with Crippen molar-refractivity contribution in [2.24, 2.45) is 0 Å². The normalized spacial score (nSPS) is 10.7. The zero-order valence-corrected chi connectivity index (χ0v) is 13.3. The van der Waals surface area contributed by atoms with Crippen LogP contribution in [0, 0.1) is 23.3 Å². The zero-order valence-electron chi connectivity index (χ0n) is 13.3. The first kappa shape index (κ1) is 18.2. The van der Waals surface area contributed by atoms with Crippen molar-refractivity contribution in [2.75, 3.05) is 11.9 Å². The first-order valence-corrected chi connectivity index (χ1v) is 7.38. The van der Waals surface area contributed by atoms with Gasteiger partial charge in [0.2, 0.25) is 0 Å². The molecule has 0 aliphatic heterocycles. The van der Waals surface area contributed by atoms with Crippen LogP contribution in [0.5, 0.6) is 0 Å². The maximum atomic E-state index is 13.5. The monoisotopic (exact) mass is 379 g/mol. The number of rotatable bonds is 4. The number of para-hydroxylation sites is 2. The van der Waals surface area contributed by atoms with Crippen molar-refractivity contribution in [3.63, 3.8) is 0 Å². The van der Waals surface area contributed by atoms with E-state index in [-0.39, 0.29) is 11.8 Å². The van der Waals surface area contributed by atoms with Gasteiger partial charge in [0.25, 0.3) is 5.91 Å². The van der Waals surface area contributed by atoms with Gasteiger partial charge in [-0.2, -0.15) is 0 Å². The van der Waals surface area contributed by atoms with Crippen molar-refractivity contribution in [2.45, 2.75) is 0 Å². The standard InChI is InChI=1S/C17H9F4N3O3/c18-8-5-9(19)15(21)16(14(8)20)24-13(25)7-27-17(26)12-6-22-10-3-1-2-4-11(10)23-12/h1-6H,7H2,(H,24,25). The van der Waals surface area contributed by atoms with Crippen LogP contribution in [0.3, 0.4) is 0 Å². The highest BCUT2D eigenvalue weighted by Crippen LogP contribution is 2.24. The van der Waals surface area contributed by atoms with Crippen LogP contribution in [-0.2, 0) is 9.53 Å². The van der Waals surface area contributed by atoms with Gasteiger partial charge < -0.3 is 10.1 Å². The van der Waals surface area contributed by atoms with Crippen LogP contribution in [0.25, 0.3) is 11.0 Å². The molecule has 0 unspecified atom stereocenters.